The zero-order valence-electron chi connectivity index (χ0n) is 13.6. The zero-order valence-corrected chi connectivity index (χ0v) is 14.4. The molecule has 4 nitrogen and oxygen atoms in total. The first-order chi connectivity index (χ1) is 9.57. The molecular weight excluding hydrogens is 292 g/mol. The predicted molar refractivity (Wildman–Crippen MR) is 82.9 cm³/mol. The first-order valence-electron chi connectivity index (χ1n) is 6.97. The van der Waals surface area contributed by atoms with Crippen molar-refractivity contribution in [2.45, 2.75) is 58.8 Å². The Morgan fingerprint density at radius 1 is 0.905 bits per heavy atom. The van der Waals surface area contributed by atoms with E-state index in [9.17, 15) is 0 Å². The van der Waals surface area contributed by atoms with Crippen LogP contribution in [-0.4, -0.2) is 17.8 Å². The molecule has 0 saturated heterocycles. The molecule has 0 amide bonds. The molecule has 1 rings (SSSR count). The summed E-state index contributed by atoms with van der Waals surface area (Å²) in [5.41, 5.74) is 0.117. The van der Waals surface area contributed by atoms with Gasteiger partial charge < -0.3 is 0 Å². The van der Waals surface area contributed by atoms with Gasteiger partial charge in [0.1, 0.15) is 12.7 Å². The van der Waals surface area contributed by atoms with Gasteiger partial charge in [-0.1, -0.05) is 23.7 Å². The maximum absolute atomic E-state index is 5.90. The fourth-order valence-electron chi connectivity index (χ4n) is 1.33. The standard InChI is InChI=1S/C16H25ClO4/c1-15(2,3)20-18-11-14(19-21-16(4,5)6)12-7-9-13(17)10-8-12/h7-10,14H,11H2,1-6H3. The third-order valence-electron chi connectivity index (χ3n) is 2.18. The highest BCUT2D eigenvalue weighted by molar-refractivity contribution is 6.30. The maximum atomic E-state index is 5.90. The van der Waals surface area contributed by atoms with Crippen LogP contribution in [0.25, 0.3) is 0 Å². The van der Waals surface area contributed by atoms with Crippen LogP contribution in [0.5, 0.6) is 0 Å². The molecule has 0 N–H and O–H groups in total. The molecule has 1 unspecified atom stereocenters. The maximum Gasteiger partial charge on any atom is 0.144 e. The largest absolute Gasteiger partial charge is 0.233 e. The van der Waals surface area contributed by atoms with E-state index in [1.54, 1.807) is 12.1 Å². The number of hydrogen-bond donors (Lipinski definition) is 0. The van der Waals surface area contributed by atoms with Crippen LogP contribution in [0.1, 0.15) is 53.2 Å². The SMILES string of the molecule is CC(C)(C)OOCC(OOC(C)(C)C)c1ccc(Cl)cc1. The van der Waals surface area contributed by atoms with E-state index in [0.717, 1.165) is 5.56 Å². The van der Waals surface area contributed by atoms with Crippen molar-refractivity contribution in [2.24, 2.45) is 0 Å². The van der Waals surface area contributed by atoms with Crippen molar-refractivity contribution in [2.75, 3.05) is 6.61 Å². The van der Waals surface area contributed by atoms with E-state index in [4.69, 9.17) is 31.2 Å². The lowest BCUT2D eigenvalue weighted by atomic mass is 10.1. The van der Waals surface area contributed by atoms with Crippen molar-refractivity contribution in [3.63, 3.8) is 0 Å². The quantitative estimate of drug-likeness (QED) is 0.554. The Morgan fingerprint density at radius 2 is 1.43 bits per heavy atom. The summed E-state index contributed by atoms with van der Waals surface area (Å²) in [7, 11) is 0. The number of hydrogen-bond acceptors (Lipinski definition) is 4. The number of halogens is 1. The van der Waals surface area contributed by atoms with Gasteiger partial charge in [0.15, 0.2) is 0 Å². The third kappa shape index (κ3) is 8.39. The molecule has 0 aliphatic heterocycles. The smallest absolute Gasteiger partial charge is 0.144 e. The molecule has 0 spiro atoms. The van der Waals surface area contributed by atoms with Crippen LogP contribution in [0, 0.1) is 0 Å². The first kappa shape index (κ1) is 18.4. The summed E-state index contributed by atoms with van der Waals surface area (Å²) in [6.45, 7) is 11.7. The fourth-order valence-corrected chi connectivity index (χ4v) is 1.46. The van der Waals surface area contributed by atoms with Gasteiger partial charge in [-0.25, -0.2) is 19.6 Å². The van der Waals surface area contributed by atoms with Gasteiger partial charge in [0.25, 0.3) is 0 Å². The third-order valence-corrected chi connectivity index (χ3v) is 2.44. The minimum Gasteiger partial charge on any atom is -0.233 e. The van der Waals surface area contributed by atoms with Gasteiger partial charge in [-0.05, 0) is 59.2 Å². The summed E-state index contributed by atoms with van der Waals surface area (Å²) in [5.74, 6) is 0. The molecule has 0 radical (unpaired) electrons. The van der Waals surface area contributed by atoms with Crippen LogP contribution in [-0.2, 0) is 19.6 Å². The predicted octanol–water partition coefficient (Wildman–Crippen LogP) is 4.87. The second-order valence-corrected chi connectivity index (χ2v) is 7.25. The second-order valence-electron chi connectivity index (χ2n) is 6.81. The van der Waals surface area contributed by atoms with E-state index in [1.165, 1.54) is 0 Å². The Labute approximate surface area is 132 Å². The molecule has 21 heavy (non-hydrogen) atoms. The average molecular weight is 317 g/mol. The molecule has 120 valence electrons. The van der Waals surface area contributed by atoms with E-state index < -0.39 is 11.7 Å². The highest BCUT2D eigenvalue weighted by atomic mass is 35.5. The van der Waals surface area contributed by atoms with Gasteiger partial charge >= 0.3 is 0 Å². The minimum atomic E-state index is -0.407. The highest BCUT2D eigenvalue weighted by Crippen LogP contribution is 2.23. The van der Waals surface area contributed by atoms with Crippen molar-refractivity contribution in [1.29, 1.82) is 0 Å². The summed E-state index contributed by atoms with van der Waals surface area (Å²) < 4.78 is 0. The van der Waals surface area contributed by atoms with Crippen molar-refractivity contribution >= 4 is 11.6 Å². The number of benzene rings is 1. The van der Waals surface area contributed by atoms with Gasteiger partial charge in [0.05, 0.1) is 11.2 Å². The van der Waals surface area contributed by atoms with E-state index in [2.05, 4.69) is 0 Å². The molecule has 0 bridgehead atoms. The van der Waals surface area contributed by atoms with Crippen LogP contribution in [0.15, 0.2) is 24.3 Å². The van der Waals surface area contributed by atoms with Gasteiger partial charge in [-0.2, -0.15) is 0 Å². The molecule has 5 heteroatoms. The van der Waals surface area contributed by atoms with Gasteiger partial charge in [0, 0.05) is 5.02 Å². The van der Waals surface area contributed by atoms with Crippen LogP contribution in [0.3, 0.4) is 0 Å². The van der Waals surface area contributed by atoms with Gasteiger partial charge in [-0.3, -0.25) is 0 Å². The topological polar surface area (TPSA) is 36.9 Å². The summed E-state index contributed by atoms with van der Waals surface area (Å²) in [6, 6.07) is 7.35. The Kier molecular flexibility index (Phi) is 6.63. The fraction of sp³-hybridized carbons (Fsp3) is 0.625. The Bertz CT molecular complexity index is 417. The van der Waals surface area contributed by atoms with Gasteiger partial charge in [0.2, 0.25) is 0 Å². The molecule has 0 aliphatic carbocycles. The van der Waals surface area contributed by atoms with Gasteiger partial charge in [-0.15, -0.1) is 0 Å². The highest BCUT2D eigenvalue weighted by Gasteiger charge is 2.21. The summed E-state index contributed by atoms with van der Waals surface area (Å²) >= 11 is 5.90. The summed E-state index contributed by atoms with van der Waals surface area (Å²) in [6.07, 6.45) is -0.399. The van der Waals surface area contributed by atoms with Crippen LogP contribution in [0.4, 0.5) is 0 Å². The van der Waals surface area contributed by atoms with Crippen molar-refractivity contribution in [1.82, 2.24) is 0 Å². The second kappa shape index (κ2) is 7.56. The van der Waals surface area contributed by atoms with E-state index in [-0.39, 0.29) is 12.2 Å². The Balaban J connectivity index is 2.67. The zero-order chi connectivity index (χ0) is 16.1. The first-order valence-corrected chi connectivity index (χ1v) is 7.35. The molecule has 0 saturated carbocycles. The van der Waals surface area contributed by atoms with Crippen LogP contribution in [0.2, 0.25) is 5.02 Å². The van der Waals surface area contributed by atoms with Crippen LogP contribution >= 0.6 is 11.6 Å². The van der Waals surface area contributed by atoms with Crippen molar-refractivity contribution < 1.29 is 19.6 Å². The molecular formula is C16H25ClO4. The normalized spacial score (nSPS) is 14.2. The summed E-state index contributed by atoms with van der Waals surface area (Å²) in [5, 5.41) is 0.668. The van der Waals surface area contributed by atoms with E-state index in [1.807, 2.05) is 53.7 Å². The number of rotatable bonds is 6. The minimum absolute atomic E-state index is 0.217. The molecule has 1 aromatic carbocycles. The lowest BCUT2D eigenvalue weighted by Crippen LogP contribution is -2.25. The molecule has 0 aromatic heterocycles. The van der Waals surface area contributed by atoms with Crippen molar-refractivity contribution in [3.8, 4) is 0 Å². The molecule has 0 fully saturated rings. The van der Waals surface area contributed by atoms with Crippen LogP contribution < -0.4 is 0 Å². The lowest BCUT2D eigenvalue weighted by molar-refractivity contribution is -0.412. The monoisotopic (exact) mass is 316 g/mol. The summed E-state index contributed by atoms with van der Waals surface area (Å²) in [4.78, 5) is 21.4. The Morgan fingerprint density at radius 3 is 1.90 bits per heavy atom. The van der Waals surface area contributed by atoms with E-state index in [0.29, 0.717) is 5.02 Å². The molecule has 1 atom stereocenters. The Hall–Kier alpha value is -0.650. The lowest BCUT2D eigenvalue weighted by Gasteiger charge is -2.24. The van der Waals surface area contributed by atoms with Crippen molar-refractivity contribution in [3.05, 3.63) is 34.9 Å². The molecule has 0 heterocycles. The van der Waals surface area contributed by atoms with E-state index >= 15 is 0 Å². The molecule has 1 aromatic rings. The molecule has 0 aliphatic rings. The average Bonchev–Trinajstić information content (AvgIpc) is 2.32.